The van der Waals surface area contributed by atoms with Gasteiger partial charge in [-0.3, -0.25) is 10.1 Å². The highest BCUT2D eigenvalue weighted by molar-refractivity contribution is 6.18. The summed E-state index contributed by atoms with van der Waals surface area (Å²) >= 11 is 5.42. The van der Waals surface area contributed by atoms with Crippen LogP contribution in [0.5, 0.6) is 0 Å². The average Bonchev–Trinajstić information content (AvgIpc) is 2.28. The van der Waals surface area contributed by atoms with Gasteiger partial charge in [0.05, 0.1) is 10.5 Å². The summed E-state index contributed by atoms with van der Waals surface area (Å²) < 4.78 is 0. The third-order valence-corrected chi connectivity index (χ3v) is 2.08. The molecule has 0 aliphatic carbocycles. The molecule has 0 bridgehead atoms. The Labute approximate surface area is 102 Å². The molecule has 88 valence electrons. The highest BCUT2D eigenvalue weighted by Gasteiger charge is 2.13. The van der Waals surface area contributed by atoms with Gasteiger partial charge >= 0.3 is 5.97 Å². The van der Waals surface area contributed by atoms with Gasteiger partial charge in [0.15, 0.2) is 0 Å². The third kappa shape index (κ3) is 3.47. The summed E-state index contributed by atoms with van der Waals surface area (Å²) in [6.07, 6.45) is 0.392. The predicted molar refractivity (Wildman–Crippen MR) is 62.3 cm³/mol. The topological polar surface area (TPSA) is 80.4 Å². The van der Waals surface area contributed by atoms with Gasteiger partial charge in [0, 0.05) is 30.0 Å². The Hall–Kier alpha value is -2.06. The number of hydrogen-bond donors (Lipinski definition) is 1. The Morgan fingerprint density at radius 3 is 2.76 bits per heavy atom. The van der Waals surface area contributed by atoms with E-state index in [0.717, 1.165) is 12.1 Å². The first-order valence-electron chi connectivity index (χ1n) is 4.63. The first-order chi connectivity index (χ1) is 8.06. The average molecular weight is 254 g/mol. The number of benzene rings is 1. The molecule has 0 radical (unpaired) electrons. The summed E-state index contributed by atoms with van der Waals surface area (Å²) in [6.45, 7) is 0. The van der Waals surface area contributed by atoms with Crippen LogP contribution in [0.1, 0.15) is 22.3 Å². The van der Waals surface area contributed by atoms with Crippen LogP contribution < -0.4 is 0 Å². The van der Waals surface area contributed by atoms with E-state index in [2.05, 4.69) is 11.8 Å². The summed E-state index contributed by atoms with van der Waals surface area (Å²) in [5.74, 6) is 4.37. The monoisotopic (exact) mass is 253 g/mol. The molecule has 0 unspecified atom stereocenters. The van der Waals surface area contributed by atoms with Gasteiger partial charge in [0.1, 0.15) is 0 Å². The lowest BCUT2D eigenvalue weighted by atomic mass is 10.1. The van der Waals surface area contributed by atoms with Crippen molar-refractivity contribution in [3.05, 3.63) is 39.4 Å². The van der Waals surface area contributed by atoms with E-state index in [1.807, 2.05) is 0 Å². The van der Waals surface area contributed by atoms with Gasteiger partial charge in [-0.05, 0) is 6.07 Å². The van der Waals surface area contributed by atoms with Crippen LogP contribution in [-0.4, -0.2) is 21.9 Å². The van der Waals surface area contributed by atoms with E-state index in [4.69, 9.17) is 16.7 Å². The molecule has 1 aromatic carbocycles. The number of nitro benzene ring substituents is 1. The number of halogens is 1. The van der Waals surface area contributed by atoms with Crippen molar-refractivity contribution in [1.82, 2.24) is 0 Å². The Balaban J connectivity index is 3.22. The van der Waals surface area contributed by atoms with Crippen molar-refractivity contribution in [2.24, 2.45) is 0 Å². The zero-order chi connectivity index (χ0) is 12.8. The van der Waals surface area contributed by atoms with Crippen molar-refractivity contribution in [2.45, 2.75) is 6.42 Å². The van der Waals surface area contributed by atoms with Gasteiger partial charge in [-0.2, -0.15) is 0 Å². The molecule has 0 aromatic heterocycles. The maximum absolute atomic E-state index is 10.9. The van der Waals surface area contributed by atoms with E-state index < -0.39 is 10.9 Å². The molecule has 0 aliphatic heterocycles. The number of hydrogen-bond acceptors (Lipinski definition) is 3. The van der Waals surface area contributed by atoms with E-state index in [-0.39, 0.29) is 16.8 Å². The first-order valence-corrected chi connectivity index (χ1v) is 5.16. The van der Waals surface area contributed by atoms with Crippen LogP contribution in [0.3, 0.4) is 0 Å². The van der Waals surface area contributed by atoms with Gasteiger partial charge < -0.3 is 5.11 Å². The SMILES string of the molecule is O=C(O)c1ccc([N+](=O)[O-])cc1C#CCCCl. The fraction of sp³-hybridized carbons (Fsp3) is 0.182. The van der Waals surface area contributed by atoms with Crippen molar-refractivity contribution >= 4 is 23.3 Å². The molecule has 1 N–H and O–H groups in total. The Morgan fingerprint density at radius 2 is 2.24 bits per heavy atom. The Kier molecular flexibility index (Phi) is 4.49. The molecule has 0 spiro atoms. The van der Waals surface area contributed by atoms with Crippen LogP contribution >= 0.6 is 11.6 Å². The summed E-state index contributed by atoms with van der Waals surface area (Å²) in [5.41, 5.74) is -0.125. The molecule has 0 atom stereocenters. The number of nitrogens with zero attached hydrogens (tertiary/aromatic N) is 1. The Bertz CT molecular complexity index is 516. The molecule has 0 heterocycles. The van der Waals surface area contributed by atoms with Crippen LogP contribution in [0.4, 0.5) is 5.69 Å². The Morgan fingerprint density at radius 1 is 1.53 bits per heavy atom. The number of non-ortho nitro benzene ring substituents is 1. The van der Waals surface area contributed by atoms with Crippen LogP contribution in [0.25, 0.3) is 0 Å². The normalized spacial score (nSPS) is 9.24. The lowest BCUT2D eigenvalue weighted by Gasteiger charge is -1.98. The fourth-order valence-corrected chi connectivity index (χ4v) is 1.24. The van der Waals surface area contributed by atoms with Crippen molar-refractivity contribution in [3.63, 3.8) is 0 Å². The maximum atomic E-state index is 10.9. The molecule has 0 saturated heterocycles. The van der Waals surface area contributed by atoms with E-state index in [1.54, 1.807) is 0 Å². The van der Waals surface area contributed by atoms with Gasteiger partial charge in [-0.25, -0.2) is 4.79 Å². The summed E-state index contributed by atoms with van der Waals surface area (Å²) in [5, 5.41) is 19.4. The van der Waals surface area contributed by atoms with Gasteiger partial charge in [-0.15, -0.1) is 11.6 Å². The summed E-state index contributed by atoms with van der Waals surface area (Å²) in [4.78, 5) is 20.8. The fourth-order valence-electron chi connectivity index (χ4n) is 1.14. The van der Waals surface area contributed by atoms with Crippen molar-refractivity contribution in [3.8, 4) is 11.8 Å². The molecular formula is C11H8ClNO4. The lowest BCUT2D eigenvalue weighted by Crippen LogP contribution is -2.01. The number of rotatable bonds is 3. The smallest absolute Gasteiger partial charge is 0.336 e. The second-order valence-corrected chi connectivity index (χ2v) is 3.41. The van der Waals surface area contributed by atoms with E-state index in [9.17, 15) is 14.9 Å². The van der Waals surface area contributed by atoms with Crippen LogP contribution in [0.2, 0.25) is 0 Å². The summed E-state index contributed by atoms with van der Waals surface area (Å²) in [7, 11) is 0. The van der Waals surface area contributed by atoms with Crippen LogP contribution in [0, 0.1) is 22.0 Å². The van der Waals surface area contributed by atoms with Crippen LogP contribution in [-0.2, 0) is 0 Å². The van der Waals surface area contributed by atoms with Gasteiger partial charge in [0.2, 0.25) is 0 Å². The minimum absolute atomic E-state index is 0.0577. The van der Waals surface area contributed by atoms with Gasteiger partial charge in [-0.1, -0.05) is 11.8 Å². The van der Waals surface area contributed by atoms with Gasteiger partial charge in [0.25, 0.3) is 5.69 Å². The largest absolute Gasteiger partial charge is 0.478 e. The zero-order valence-electron chi connectivity index (χ0n) is 8.64. The van der Waals surface area contributed by atoms with Crippen molar-refractivity contribution in [2.75, 3.05) is 5.88 Å². The molecule has 0 saturated carbocycles. The number of alkyl halides is 1. The number of aromatic carboxylic acids is 1. The molecule has 1 aromatic rings. The van der Waals surface area contributed by atoms with Crippen molar-refractivity contribution < 1.29 is 14.8 Å². The third-order valence-electron chi connectivity index (χ3n) is 1.89. The van der Waals surface area contributed by atoms with E-state index >= 15 is 0 Å². The molecule has 0 fully saturated rings. The first kappa shape index (κ1) is 13.0. The van der Waals surface area contributed by atoms with Crippen LogP contribution in [0.15, 0.2) is 18.2 Å². The molecule has 1 rings (SSSR count). The number of carboxylic acid groups (broad SMARTS) is 1. The zero-order valence-corrected chi connectivity index (χ0v) is 9.40. The van der Waals surface area contributed by atoms with Crippen molar-refractivity contribution in [1.29, 1.82) is 0 Å². The van der Waals surface area contributed by atoms with E-state index in [1.165, 1.54) is 6.07 Å². The molecular weight excluding hydrogens is 246 g/mol. The molecule has 5 nitrogen and oxygen atoms in total. The lowest BCUT2D eigenvalue weighted by molar-refractivity contribution is -0.384. The number of carbonyl (C=O) groups is 1. The summed E-state index contributed by atoms with van der Waals surface area (Å²) in [6, 6.07) is 3.45. The second kappa shape index (κ2) is 5.87. The quantitative estimate of drug-likeness (QED) is 0.388. The van der Waals surface area contributed by atoms with E-state index in [0.29, 0.717) is 12.3 Å². The number of nitro groups is 1. The molecule has 17 heavy (non-hydrogen) atoms. The highest BCUT2D eigenvalue weighted by atomic mass is 35.5. The minimum Gasteiger partial charge on any atom is -0.478 e. The second-order valence-electron chi connectivity index (χ2n) is 3.03. The molecule has 0 amide bonds. The minimum atomic E-state index is -1.17. The highest BCUT2D eigenvalue weighted by Crippen LogP contribution is 2.17. The maximum Gasteiger partial charge on any atom is 0.336 e. The molecule has 0 aliphatic rings. The standard InChI is InChI=1S/C11H8ClNO4/c12-6-2-1-3-8-7-9(13(16)17)4-5-10(8)11(14)15/h4-5,7H,2,6H2,(H,14,15). The number of carboxylic acids is 1. The molecule has 6 heteroatoms. The predicted octanol–water partition coefficient (Wildman–Crippen LogP) is 2.27.